The van der Waals surface area contributed by atoms with Gasteiger partial charge in [-0.15, -0.1) is 11.3 Å². The monoisotopic (exact) mass is 632 g/mol. The summed E-state index contributed by atoms with van der Waals surface area (Å²) < 4.78 is 32.1. The Labute approximate surface area is 254 Å². The summed E-state index contributed by atoms with van der Waals surface area (Å²) in [5, 5.41) is 11.3. The highest BCUT2D eigenvalue weighted by Crippen LogP contribution is 2.45. The molecule has 2 aliphatic heterocycles. The van der Waals surface area contributed by atoms with Crippen molar-refractivity contribution in [1.82, 2.24) is 10.4 Å². The first-order valence-electron chi connectivity index (χ1n) is 13.8. The third kappa shape index (κ3) is 6.72. The molecular formula is C30H33ClN2O7S2. The van der Waals surface area contributed by atoms with Crippen LogP contribution in [-0.4, -0.2) is 62.0 Å². The smallest absolute Gasteiger partial charge is 0.256 e. The molecule has 2 aromatic carbocycles. The molecule has 2 aliphatic rings. The highest BCUT2D eigenvalue weighted by atomic mass is 35.5. The fourth-order valence-corrected chi connectivity index (χ4v) is 9.06. The number of halogens is 1. The number of aliphatic hydroxyl groups excluding tert-OH is 1. The van der Waals surface area contributed by atoms with Crippen molar-refractivity contribution in [3.05, 3.63) is 82.2 Å². The average molecular weight is 633 g/mol. The summed E-state index contributed by atoms with van der Waals surface area (Å²) in [4.78, 5) is 34.7. The Kier molecular flexibility index (Phi) is 9.66. The standard InChI is InChI=1S/C30H33ClN2O7S2/c31-23-11-9-21(10-12-23)24-13-14-25(41-24)30(20-26(34)32-40-27-8-4-5-18-39-27)15-16-33(17-19-42(30,37)38)29(36)28(35)22-6-2-1-3-7-22/h1-3,6-7,9-14,27-28,35H,4-5,8,15-20H2,(H,32,34)/t27?,28-,30?/m0/s1. The lowest BCUT2D eigenvalue weighted by Gasteiger charge is -2.31. The van der Waals surface area contributed by atoms with E-state index in [-0.39, 0.29) is 25.3 Å². The molecule has 9 nitrogen and oxygen atoms in total. The van der Waals surface area contributed by atoms with Gasteiger partial charge in [-0.2, -0.15) is 0 Å². The Morgan fingerprint density at radius 1 is 1.10 bits per heavy atom. The number of nitrogens with one attached hydrogen (secondary N) is 1. The van der Waals surface area contributed by atoms with Gasteiger partial charge < -0.3 is 14.7 Å². The predicted molar refractivity (Wildman–Crippen MR) is 160 cm³/mol. The van der Waals surface area contributed by atoms with Gasteiger partial charge in [0.15, 0.2) is 22.2 Å². The van der Waals surface area contributed by atoms with Crippen LogP contribution < -0.4 is 5.48 Å². The van der Waals surface area contributed by atoms with Crippen LogP contribution in [0.25, 0.3) is 10.4 Å². The number of sulfone groups is 1. The molecule has 12 heteroatoms. The van der Waals surface area contributed by atoms with Crippen molar-refractivity contribution in [2.24, 2.45) is 0 Å². The number of carbonyl (C=O) groups is 2. The maximum absolute atomic E-state index is 14.1. The summed E-state index contributed by atoms with van der Waals surface area (Å²) in [6.07, 6.45) is 0.00212. The first kappa shape index (κ1) is 30.7. The zero-order chi connectivity index (χ0) is 29.7. The van der Waals surface area contributed by atoms with Gasteiger partial charge in [0.05, 0.1) is 12.2 Å². The van der Waals surface area contributed by atoms with Gasteiger partial charge in [0.1, 0.15) is 4.75 Å². The summed E-state index contributed by atoms with van der Waals surface area (Å²) >= 11 is 7.35. The van der Waals surface area contributed by atoms with E-state index in [4.69, 9.17) is 21.2 Å². The third-order valence-electron chi connectivity index (χ3n) is 7.74. The predicted octanol–water partition coefficient (Wildman–Crippen LogP) is 4.61. The van der Waals surface area contributed by atoms with Gasteiger partial charge in [-0.1, -0.05) is 54.1 Å². The molecule has 2 fully saturated rings. The van der Waals surface area contributed by atoms with Gasteiger partial charge in [0.2, 0.25) is 5.91 Å². The Hall–Kier alpha value is -2.80. The van der Waals surface area contributed by atoms with Gasteiger partial charge in [0, 0.05) is 40.9 Å². The second-order valence-corrected chi connectivity index (χ2v) is 14.4. The lowest BCUT2D eigenvalue weighted by Crippen LogP contribution is -2.43. The molecule has 3 aromatic rings. The van der Waals surface area contributed by atoms with Crippen LogP contribution in [-0.2, 0) is 33.7 Å². The maximum atomic E-state index is 14.1. The zero-order valence-corrected chi connectivity index (χ0v) is 25.3. The molecule has 0 aliphatic carbocycles. The zero-order valence-electron chi connectivity index (χ0n) is 22.9. The molecule has 5 rings (SSSR count). The normalized spacial score (nSPS) is 23.1. The molecule has 2 unspecified atom stereocenters. The second kappa shape index (κ2) is 13.2. The van der Waals surface area contributed by atoms with Crippen molar-refractivity contribution < 1.29 is 32.7 Å². The van der Waals surface area contributed by atoms with Crippen LogP contribution in [0, 0.1) is 0 Å². The lowest BCUT2D eigenvalue weighted by molar-refractivity contribution is -0.200. The van der Waals surface area contributed by atoms with Crippen LogP contribution in [0.15, 0.2) is 66.7 Å². The molecule has 0 radical (unpaired) electrons. The number of hydroxylamine groups is 1. The van der Waals surface area contributed by atoms with Crippen molar-refractivity contribution in [3.8, 4) is 10.4 Å². The number of hydrogen-bond acceptors (Lipinski definition) is 8. The van der Waals surface area contributed by atoms with E-state index < -0.39 is 45.2 Å². The second-order valence-electron chi connectivity index (χ2n) is 10.5. The number of thiophene rings is 1. The molecule has 3 atom stereocenters. The number of amides is 2. The first-order valence-corrected chi connectivity index (χ1v) is 16.7. The number of hydrogen-bond donors (Lipinski definition) is 2. The van der Waals surface area contributed by atoms with E-state index in [0.29, 0.717) is 28.5 Å². The van der Waals surface area contributed by atoms with Crippen LogP contribution in [0.1, 0.15) is 48.6 Å². The number of rotatable bonds is 8. The minimum Gasteiger partial charge on any atom is -0.378 e. The van der Waals surface area contributed by atoms with Crippen molar-refractivity contribution in [2.75, 3.05) is 25.4 Å². The Morgan fingerprint density at radius 3 is 2.57 bits per heavy atom. The minimum absolute atomic E-state index is 0.0312. The molecule has 224 valence electrons. The van der Waals surface area contributed by atoms with Crippen molar-refractivity contribution in [3.63, 3.8) is 0 Å². The number of nitrogens with zero attached hydrogens (tertiary/aromatic N) is 1. The highest BCUT2D eigenvalue weighted by molar-refractivity contribution is 7.92. The van der Waals surface area contributed by atoms with Gasteiger partial charge in [-0.3, -0.25) is 9.59 Å². The Bertz CT molecular complexity index is 1490. The minimum atomic E-state index is -3.98. The Balaban J connectivity index is 1.43. The van der Waals surface area contributed by atoms with Gasteiger partial charge in [-0.25, -0.2) is 18.7 Å². The molecule has 0 bridgehead atoms. The van der Waals surface area contributed by atoms with E-state index in [1.54, 1.807) is 48.5 Å². The van der Waals surface area contributed by atoms with Crippen molar-refractivity contribution in [2.45, 2.75) is 49.2 Å². The maximum Gasteiger partial charge on any atom is 0.256 e. The summed E-state index contributed by atoms with van der Waals surface area (Å²) in [5.41, 5.74) is 3.70. The van der Waals surface area contributed by atoms with E-state index in [0.717, 1.165) is 23.3 Å². The molecule has 2 amide bonds. The fourth-order valence-electron chi connectivity index (χ4n) is 5.32. The van der Waals surface area contributed by atoms with Crippen LogP contribution in [0.2, 0.25) is 5.02 Å². The molecule has 42 heavy (non-hydrogen) atoms. The largest absolute Gasteiger partial charge is 0.378 e. The number of benzene rings is 2. The summed E-state index contributed by atoms with van der Waals surface area (Å²) in [6, 6.07) is 19.3. The number of aliphatic hydroxyl groups is 1. The quantitative estimate of drug-likeness (QED) is 0.348. The van der Waals surface area contributed by atoms with Gasteiger partial charge >= 0.3 is 0 Å². The molecule has 2 N–H and O–H groups in total. The first-order chi connectivity index (χ1) is 20.2. The third-order valence-corrected chi connectivity index (χ3v) is 11.9. The molecule has 0 saturated carbocycles. The fraction of sp³-hybridized carbons (Fsp3) is 0.400. The van der Waals surface area contributed by atoms with Gasteiger partial charge in [-0.05, 0) is 54.7 Å². The van der Waals surface area contributed by atoms with Crippen LogP contribution in [0.4, 0.5) is 0 Å². The van der Waals surface area contributed by atoms with Crippen molar-refractivity contribution in [1.29, 1.82) is 0 Å². The van der Waals surface area contributed by atoms with E-state index in [9.17, 15) is 23.1 Å². The SMILES string of the molecule is O=C(CC1(c2ccc(-c3ccc(Cl)cc3)s2)CCN(C(=O)[C@@H](O)c2ccccc2)CCS1(=O)=O)NOC1CCCCO1. The molecule has 2 saturated heterocycles. The Morgan fingerprint density at radius 2 is 1.86 bits per heavy atom. The van der Waals surface area contributed by atoms with E-state index in [2.05, 4.69) is 5.48 Å². The average Bonchev–Trinajstić information content (AvgIpc) is 3.46. The molecule has 1 aromatic heterocycles. The van der Waals surface area contributed by atoms with Gasteiger partial charge in [0.25, 0.3) is 5.91 Å². The highest BCUT2D eigenvalue weighted by Gasteiger charge is 2.50. The van der Waals surface area contributed by atoms with Crippen LogP contribution >= 0.6 is 22.9 Å². The molecule has 3 heterocycles. The topological polar surface area (TPSA) is 122 Å². The summed E-state index contributed by atoms with van der Waals surface area (Å²) in [7, 11) is -3.98. The number of ether oxygens (including phenoxy) is 1. The summed E-state index contributed by atoms with van der Waals surface area (Å²) in [6.45, 7) is 0.465. The van der Waals surface area contributed by atoms with Crippen LogP contribution in [0.5, 0.6) is 0 Å². The van der Waals surface area contributed by atoms with E-state index >= 15 is 0 Å². The summed E-state index contributed by atoms with van der Waals surface area (Å²) in [5.74, 6) is -1.55. The van der Waals surface area contributed by atoms with Crippen molar-refractivity contribution >= 4 is 44.6 Å². The van der Waals surface area contributed by atoms with Crippen LogP contribution in [0.3, 0.4) is 0 Å². The molecular weight excluding hydrogens is 600 g/mol. The lowest BCUT2D eigenvalue weighted by atomic mass is 9.97. The number of carbonyl (C=O) groups excluding carboxylic acids is 2. The van der Waals surface area contributed by atoms with E-state index in [1.165, 1.54) is 16.2 Å². The van der Waals surface area contributed by atoms with E-state index in [1.807, 2.05) is 18.2 Å². The molecule has 0 spiro atoms.